The molecule has 0 saturated carbocycles. The van der Waals surface area contributed by atoms with Crippen LogP contribution in [0.5, 0.6) is 0 Å². The fourth-order valence-electron chi connectivity index (χ4n) is 0.787. The predicted molar refractivity (Wildman–Crippen MR) is 74.0 cm³/mol. The zero-order chi connectivity index (χ0) is 9.94. The summed E-state index contributed by atoms with van der Waals surface area (Å²) in [5, 5.41) is 0. The Morgan fingerprint density at radius 2 is 1.00 bits per heavy atom. The Hall–Kier alpha value is 1.92. The summed E-state index contributed by atoms with van der Waals surface area (Å²) in [7, 11) is 7.01. The summed E-state index contributed by atoms with van der Waals surface area (Å²) >= 11 is -1.22. The van der Waals surface area contributed by atoms with Crippen LogP contribution in [0.1, 0.15) is 40.0 Å². The molecule has 0 rings (SSSR count). The number of hydrogen-bond donors (Lipinski definition) is 0. The molecular formula is C9H21InS3. The van der Waals surface area contributed by atoms with Crippen LogP contribution in [-0.2, 0) is 0 Å². The summed E-state index contributed by atoms with van der Waals surface area (Å²) in [4.78, 5) is 0. The van der Waals surface area contributed by atoms with Crippen LogP contribution in [-0.4, -0.2) is 34.3 Å². The van der Waals surface area contributed by atoms with Crippen molar-refractivity contribution in [3.63, 3.8) is 0 Å². The topological polar surface area (TPSA) is 0 Å². The monoisotopic (exact) mass is 340 g/mol. The first kappa shape index (κ1) is 14.9. The Labute approximate surface area is 99.2 Å². The fraction of sp³-hybridized carbons (Fsp3) is 1.00. The maximum absolute atomic E-state index is 2.34. The summed E-state index contributed by atoms with van der Waals surface area (Å²) in [6, 6.07) is 0. The van der Waals surface area contributed by atoms with Crippen LogP contribution >= 0.6 is 25.8 Å². The van der Waals surface area contributed by atoms with Gasteiger partial charge in [0.2, 0.25) is 0 Å². The van der Waals surface area contributed by atoms with E-state index >= 15 is 0 Å². The van der Waals surface area contributed by atoms with Crippen LogP contribution in [0.2, 0.25) is 0 Å². The fourth-order valence-corrected chi connectivity index (χ4v) is 33.3. The van der Waals surface area contributed by atoms with E-state index in [0.717, 1.165) is 0 Å². The molecule has 0 unspecified atom stereocenters. The molecule has 0 N–H and O–H groups in total. The zero-order valence-electron chi connectivity index (χ0n) is 9.04. The van der Waals surface area contributed by atoms with Crippen molar-refractivity contribution in [3.05, 3.63) is 0 Å². The molecule has 0 bridgehead atoms. The van der Waals surface area contributed by atoms with Crippen LogP contribution in [0.25, 0.3) is 0 Å². The van der Waals surface area contributed by atoms with E-state index < -0.39 is 17.1 Å². The Morgan fingerprint density at radius 3 is 1.23 bits per heavy atom. The third kappa shape index (κ3) is 10.2. The van der Waals surface area contributed by atoms with Gasteiger partial charge in [-0.15, -0.1) is 0 Å². The van der Waals surface area contributed by atoms with Crippen molar-refractivity contribution in [1.82, 2.24) is 0 Å². The van der Waals surface area contributed by atoms with Crippen molar-refractivity contribution in [3.8, 4) is 0 Å². The molecule has 0 heterocycles. The Morgan fingerprint density at radius 1 is 0.692 bits per heavy atom. The molecule has 78 valence electrons. The van der Waals surface area contributed by atoms with Crippen LogP contribution < -0.4 is 0 Å². The second-order valence-electron chi connectivity index (χ2n) is 2.90. The van der Waals surface area contributed by atoms with Crippen LogP contribution in [0.4, 0.5) is 0 Å². The van der Waals surface area contributed by atoms with Crippen molar-refractivity contribution < 1.29 is 0 Å². The van der Waals surface area contributed by atoms with Crippen molar-refractivity contribution in [1.29, 1.82) is 0 Å². The van der Waals surface area contributed by atoms with Crippen LogP contribution in [0.15, 0.2) is 0 Å². The van der Waals surface area contributed by atoms with Gasteiger partial charge < -0.3 is 0 Å². The summed E-state index contributed by atoms with van der Waals surface area (Å²) in [6.45, 7) is 6.89. The summed E-state index contributed by atoms with van der Waals surface area (Å²) in [5.41, 5.74) is 0. The molecule has 0 aliphatic rings. The molecule has 13 heavy (non-hydrogen) atoms. The van der Waals surface area contributed by atoms with E-state index in [-0.39, 0.29) is 0 Å². The Bertz CT molecular complexity index is 81.8. The van der Waals surface area contributed by atoms with Crippen LogP contribution in [0, 0.1) is 0 Å². The van der Waals surface area contributed by atoms with Gasteiger partial charge in [-0.05, 0) is 0 Å². The van der Waals surface area contributed by atoms with E-state index in [1.807, 2.05) is 0 Å². The third-order valence-electron chi connectivity index (χ3n) is 1.37. The molecule has 4 heteroatoms. The summed E-state index contributed by atoms with van der Waals surface area (Å²) in [5.74, 6) is 4.23. The Balaban J connectivity index is 3.47. The van der Waals surface area contributed by atoms with E-state index in [1.54, 1.807) is 0 Å². The molecule has 0 fully saturated rings. The van der Waals surface area contributed by atoms with Gasteiger partial charge in [0.25, 0.3) is 0 Å². The summed E-state index contributed by atoms with van der Waals surface area (Å²) in [6.07, 6.45) is 4.08. The molecular weight excluding hydrogens is 319 g/mol. The van der Waals surface area contributed by atoms with E-state index in [1.165, 1.54) is 36.5 Å². The Kier molecular flexibility index (Phi) is 13.8. The van der Waals surface area contributed by atoms with Crippen molar-refractivity contribution in [2.45, 2.75) is 40.0 Å². The standard InChI is InChI=1S/3C3H8S.In/c3*1-2-3-4;/h3*4H,2-3H2,1H3;/q;;;+3/p-3. The molecule has 0 amide bonds. The van der Waals surface area contributed by atoms with Crippen molar-refractivity contribution >= 4 is 42.8 Å². The van der Waals surface area contributed by atoms with E-state index in [2.05, 4.69) is 46.5 Å². The van der Waals surface area contributed by atoms with Gasteiger partial charge in [0.1, 0.15) is 0 Å². The average Bonchev–Trinajstić information content (AvgIpc) is 2.17. The van der Waals surface area contributed by atoms with Gasteiger partial charge >= 0.3 is 100 Å². The van der Waals surface area contributed by atoms with Gasteiger partial charge in [0.05, 0.1) is 0 Å². The minimum absolute atomic E-state index is 1.22. The van der Waals surface area contributed by atoms with Crippen molar-refractivity contribution in [2.24, 2.45) is 0 Å². The van der Waals surface area contributed by atoms with E-state index in [4.69, 9.17) is 0 Å². The molecule has 0 aromatic rings. The van der Waals surface area contributed by atoms with E-state index in [0.29, 0.717) is 0 Å². The normalized spacial score (nSPS) is 10.4. The first-order valence-electron chi connectivity index (χ1n) is 5.19. The van der Waals surface area contributed by atoms with Gasteiger partial charge in [0.15, 0.2) is 0 Å². The molecule has 0 radical (unpaired) electrons. The molecule has 0 aliphatic heterocycles. The van der Waals surface area contributed by atoms with Gasteiger partial charge in [0, 0.05) is 0 Å². The second-order valence-corrected chi connectivity index (χ2v) is 30.8. The molecule has 0 atom stereocenters. The molecule has 0 aromatic carbocycles. The molecule has 0 saturated heterocycles. The van der Waals surface area contributed by atoms with Gasteiger partial charge in [-0.3, -0.25) is 0 Å². The van der Waals surface area contributed by atoms with Gasteiger partial charge in [-0.25, -0.2) is 0 Å². The number of rotatable bonds is 9. The molecule has 0 nitrogen and oxygen atoms in total. The first-order valence-corrected chi connectivity index (χ1v) is 20.4. The van der Waals surface area contributed by atoms with Crippen molar-refractivity contribution in [2.75, 3.05) is 17.3 Å². The maximum atomic E-state index is 2.34. The minimum atomic E-state index is -1.22. The van der Waals surface area contributed by atoms with E-state index in [9.17, 15) is 0 Å². The van der Waals surface area contributed by atoms with Crippen LogP contribution in [0.3, 0.4) is 0 Å². The van der Waals surface area contributed by atoms with Gasteiger partial charge in [-0.2, -0.15) is 0 Å². The van der Waals surface area contributed by atoms with Gasteiger partial charge in [-0.1, -0.05) is 0 Å². The second kappa shape index (κ2) is 12.0. The molecule has 0 spiro atoms. The zero-order valence-corrected chi connectivity index (χ0v) is 14.8. The quantitative estimate of drug-likeness (QED) is 0.611. The average molecular weight is 340 g/mol. The third-order valence-corrected chi connectivity index (χ3v) is 33.6. The molecule has 0 aromatic heterocycles. The summed E-state index contributed by atoms with van der Waals surface area (Å²) < 4.78 is 0. The predicted octanol–water partition coefficient (Wildman–Crippen LogP) is 4.40. The first-order chi connectivity index (χ1) is 6.35. The SMILES string of the molecule is CCC[S][In]([S]CCC)[S]CCC. The molecule has 0 aliphatic carbocycles. The number of hydrogen-bond acceptors (Lipinski definition) is 3.